The number of hydrogen-bond donors (Lipinski definition) is 0. The van der Waals surface area contributed by atoms with Crippen LogP contribution in [0, 0.1) is 0 Å². The van der Waals surface area contributed by atoms with Crippen molar-refractivity contribution >= 4 is 11.3 Å². The van der Waals surface area contributed by atoms with Crippen molar-refractivity contribution in [3.05, 3.63) is 16.6 Å². The fraction of sp³-hybridized carbons (Fsp3) is 0.700. The van der Waals surface area contributed by atoms with Gasteiger partial charge in [0.05, 0.1) is 5.51 Å². The second-order valence-corrected chi connectivity index (χ2v) is 4.10. The zero-order chi connectivity index (χ0) is 8.65. The lowest BCUT2D eigenvalue weighted by Gasteiger charge is -1.97. The molecule has 0 aliphatic carbocycles. The molecule has 12 heavy (non-hydrogen) atoms. The molecule has 0 N–H and O–H groups in total. The molecule has 0 atom stereocenters. The van der Waals surface area contributed by atoms with Gasteiger partial charge in [-0.2, -0.15) is 0 Å². The van der Waals surface area contributed by atoms with Crippen LogP contribution in [-0.2, 0) is 6.42 Å². The highest BCUT2D eigenvalue weighted by Crippen LogP contribution is 2.11. The first-order valence-corrected chi connectivity index (χ1v) is 5.69. The molecule has 2 heteroatoms. The van der Waals surface area contributed by atoms with E-state index in [0.717, 1.165) is 0 Å². The molecule has 1 nitrogen and oxygen atoms in total. The Kier molecular flexibility index (Phi) is 5.00. The zero-order valence-electron chi connectivity index (χ0n) is 7.75. The van der Waals surface area contributed by atoms with E-state index in [-0.39, 0.29) is 0 Å². The van der Waals surface area contributed by atoms with Crippen molar-refractivity contribution in [1.29, 1.82) is 0 Å². The first-order valence-electron chi connectivity index (χ1n) is 4.81. The van der Waals surface area contributed by atoms with E-state index in [1.807, 2.05) is 11.7 Å². The molecule has 1 rings (SSSR count). The first kappa shape index (κ1) is 9.72. The van der Waals surface area contributed by atoms with Crippen LogP contribution >= 0.6 is 11.3 Å². The fourth-order valence-electron chi connectivity index (χ4n) is 1.27. The van der Waals surface area contributed by atoms with Gasteiger partial charge < -0.3 is 0 Å². The van der Waals surface area contributed by atoms with Gasteiger partial charge in [0, 0.05) is 11.1 Å². The van der Waals surface area contributed by atoms with Gasteiger partial charge in [-0.1, -0.05) is 32.6 Å². The number of hydrogen-bond acceptors (Lipinski definition) is 2. The van der Waals surface area contributed by atoms with Gasteiger partial charge in [0.15, 0.2) is 0 Å². The van der Waals surface area contributed by atoms with Crippen LogP contribution in [-0.4, -0.2) is 4.98 Å². The number of unbranched alkanes of at least 4 members (excludes halogenated alkanes) is 4. The molecular formula is C10H17NS. The Bertz CT molecular complexity index is 182. The van der Waals surface area contributed by atoms with E-state index in [1.54, 1.807) is 11.3 Å². The maximum Gasteiger partial charge on any atom is 0.0794 e. The Morgan fingerprint density at radius 3 is 2.75 bits per heavy atom. The van der Waals surface area contributed by atoms with Crippen LogP contribution in [0.3, 0.4) is 0 Å². The average Bonchev–Trinajstić information content (AvgIpc) is 2.57. The summed E-state index contributed by atoms with van der Waals surface area (Å²) >= 11 is 1.78. The second kappa shape index (κ2) is 6.18. The highest BCUT2D eigenvalue weighted by Gasteiger charge is 1.93. The minimum absolute atomic E-state index is 1.23. The van der Waals surface area contributed by atoms with E-state index >= 15 is 0 Å². The molecule has 0 aromatic carbocycles. The lowest BCUT2D eigenvalue weighted by molar-refractivity contribution is 0.634. The molecule has 1 aromatic heterocycles. The maximum atomic E-state index is 4.06. The van der Waals surface area contributed by atoms with Gasteiger partial charge >= 0.3 is 0 Å². The summed E-state index contributed by atoms with van der Waals surface area (Å²) in [6.45, 7) is 2.25. The van der Waals surface area contributed by atoms with Gasteiger partial charge in [0.1, 0.15) is 0 Å². The normalized spacial score (nSPS) is 10.4. The Morgan fingerprint density at radius 1 is 1.25 bits per heavy atom. The summed E-state index contributed by atoms with van der Waals surface area (Å²) in [6, 6.07) is 0. The van der Waals surface area contributed by atoms with Crippen LogP contribution in [0.5, 0.6) is 0 Å². The summed E-state index contributed by atoms with van der Waals surface area (Å²) < 4.78 is 0. The third-order valence-electron chi connectivity index (χ3n) is 2.01. The predicted molar refractivity (Wildman–Crippen MR) is 54.6 cm³/mol. The van der Waals surface area contributed by atoms with Crippen molar-refractivity contribution in [2.75, 3.05) is 0 Å². The minimum Gasteiger partial charge on any atom is -0.253 e. The van der Waals surface area contributed by atoms with Crippen LogP contribution in [0.2, 0.25) is 0 Å². The molecule has 0 saturated heterocycles. The molecule has 0 aliphatic heterocycles. The SMILES string of the molecule is CCCCCCCc1cncs1. The maximum absolute atomic E-state index is 4.06. The van der Waals surface area contributed by atoms with Gasteiger partial charge in [0.25, 0.3) is 0 Å². The fourth-order valence-corrected chi connectivity index (χ4v) is 1.91. The monoisotopic (exact) mass is 183 g/mol. The third-order valence-corrected chi connectivity index (χ3v) is 2.85. The van der Waals surface area contributed by atoms with Gasteiger partial charge in [-0.3, -0.25) is 4.98 Å². The third kappa shape index (κ3) is 3.86. The van der Waals surface area contributed by atoms with Gasteiger partial charge in [-0.25, -0.2) is 0 Å². The molecule has 1 aromatic rings. The first-order chi connectivity index (χ1) is 5.93. The number of thiazole rings is 1. The van der Waals surface area contributed by atoms with Crippen LogP contribution in [0.25, 0.3) is 0 Å². The molecule has 1 heterocycles. The second-order valence-electron chi connectivity index (χ2n) is 3.13. The predicted octanol–water partition coefficient (Wildman–Crippen LogP) is 3.66. The van der Waals surface area contributed by atoms with Crippen molar-refractivity contribution in [2.45, 2.75) is 45.4 Å². The van der Waals surface area contributed by atoms with Gasteiger partial charge in [-0.15, -0.1) is 11.3 Å². The van der Waals surface area contributed by atoms with E-state index in [9.17, 15) is 0 Å². The summed E-state index contributed by atoms with van der Waals surface area (Å²) in [4.78, 5) is 5.49. The Morgan fingerprint density at radius 2 is 2.08 bits per heavy atom. The molecule has 0 bridgehead atoms. The van der Waals surface area contributed by atoms with Crippen LogP contribution in [0.1, 0.15) is 43.9 Å². The summed E-state index contributed by atoms with van der Waals surface area (Å²) in [6.07, 6.45) is 10.1. The van der Waals surface area contributed by atoms with Crippen molar-refractivity contribution in [3.8, 4) is 0 Å². The van der Waals surface area contributed by atoms with E-state index in [0.29, 0.717) is 0 Å². The Labute approximate surface area is 78.8 Å². The minimum atomic E-state index is 1.23. The summed E-state index contributed by atoms with van der Waals surface area (Å²) in [5.41, 5.74) is 1.92. The van der Waals surface area contributed by atoms with Crippen molar-refractivity contribution in [1.82, 2.24) is 4.98 Å². The molecule has 0 fully saturated rings. The highest BCUT2D eigenvalue weighted by atomic mass is 32.1. The van der Waals surface area contributed by atoms with E-state index in [1.165, 1.54) is 43.4 Å². The van der Waals surface area contributed by atoms with Crippen LogP contribution in [0.15, 0.2) is 11.7 Å². The van der Waals surface area contributed by atoms with Gasteiger partial charge in [-0.05, 0) is 12.8 Å². The van der Waals surface area contributed by atoms with E-state index in [2.05, 4.69) is 11.9 Å². The van der Waals surface area contributed by atoms with Crippen molar-refractivity contribution in [2.24, 2.45) is 0 Å². The number of rotatable bonds is 6. The number of aryl methyl sites for hydroxylation is 1. The molecule has 0 unspecified atom stereocenters. The molecule has 0 aliphatic rings. The molecular weight excluding hydrogens is 166 g/mol. The lowest BCUT2D eigenvalue weighted by Crippen LogP contribution is -1.81. The quantitative estimate of drug-likeness (QED) is 0.613. The molecule has 0 saturated carbocycles. The smallest absolute Gasteiger partial charge is 0.0794 e. The highest BCUT2D eigenvalue weighted by molar-refractivity contribution is 7.09. The largest absolute Gasteiger partial charge is 0.253 e. The molecule has 68 valence electrons. The van der Waals surface area contributed by atoms with E-state index in [4.69, 9.17) is 0 Å². The lowest BCUT2D eigenvalue weighted by atomic mass is 10.1. The summed E-state index contributed by atoms with van der Waals surface area (Å²) in [5, 5.41) is 0. The number of aromatic nitrogens is 1. The van der Waals surface area contributed by atoms with Crippen molar-refractivity contribution in [3.63, 3.8) is 0 Å². The van der Waals surface area contributed by atoms with Crippen LogP contribution < -0.4 is 0 Å². The Hall–Kier alpha value is -0.370. The van der Waals surface area contributed by atoms with Crippen LogP contribution in [0.4, 0.5) is 0 Å². The topological polar surface area (TPSA) is 12.9 Å². The average molecular weight is 183 g/mol. The molecule has 0 amide bonds. The molecule has 0 spiro atoms. The molecule has 0 radical (unpaired) electrons. The summed E-state index contributed by atoms with van der Waals surface area (Å²) in [7, 11) is 0. The van der Waals surface area contributed by atoms with Gasteiger partial charge in [0.2, 0.25) is 0 Å². The summed E-state index contributed by atoms with van der Waals surface area (Å²) in [5.74, 6) is 0. The zero-order valence-corrected chi connectivity index (χ0v) is 8.57. The van der Waals surface area contributed by atoms with Crippen molar-refractivity contribution < 1.29 is 0 Å². The number of nitrogens with zero attached hydrogens (tertiary/aromatic N) is 1. The Balaban J connectivity index is 1.96. The van der Waals surface area contributed by atoms with E-state index < -0.39 is 0 Å². The standard InChI is InChI=1S/C10H17NS/c1-2-3-4-5-6-7-10-8-11-9-12-10/h8-9H,2-7H2,1H3.